The lowest BCUT2D eigenvalue weighted by Gasteiger charge is -2.16. The lowest BCUT2D eigenvalue weighted by atomic mass is 10.1. The molecule has 1 atom stereocenters. The minimum atomic E-state index is -1.50. The van der Waals surface area contributed by atoms with E-state index in [1.54, 1.807) is 36.4 Å². The smallest absolute Gasteiger partial charge is 0.338 e. The molecule has 1 unspecified atom stereocenters. The molecule has 3 N–H and O–H groups in total. The lowest BCUT2D eigenvalue weighted by Crippen LogP contribution is -2.24. The maximum Gasteiger partial charge on any atom is 0.338 e. The second-order valence-electron chi connectivity index (χ2n) is 9.36. The maximum atomic E-state index is 13.2. The summed E-state index contributed by atoms with van der Waals surface area (Å²) in [5, 5.41) is 13.5. The predicted octanol–water partition coefficient (Wildman–Crippen LogP) is 9.57. The highest BCUT2D eigenvalue weighted by Gasteiger charge is 2.29. The van der Waals surface area contributed by atoms with Gasteiger partial charge in [0, 0.05) is 21.8 Å². The van der Waals surface area contributed by atoms with E-state index in [0.29, 0.717) is 34.2 Å². The number of rotatable bonds is 9. The number of para-hydroxylation sites is 2. The number of aromatic carboxylic acids is 1. The van der Waals surface area contributed by atoms with Crippen LogP contribution in [0.15, 0.2) is 82.1 Å². The van der Waals surface area contributed by atoms with Crippen molar-refractivity contribution in [3.8, 4) is 11.5 Å². The van der Waals surface area contributed by atoms with Crippen molar-refractivity contribution in [3.63, 3.8) is 0 Å². The SMILES string of the molecule is CCC(Sc1cccc(NC(=O)c2c(Cl)c(Cl)c(Cl)c(Cl)c2C(=O)O)c1)C(=O)Nc1ccc(-c2nc3ccccc3o2)cc1. The van der Waals surface area contributed by atoms with Crippen molar-refractivity contribution in [2.75, 3.05) is 10.6 Å². The molecule has 224 valence electrons. The molecule has 0 saturated carbocycles. The molecule has 13 heteroatoms. The van der Waals surface area contributed by atoms with Gasteiger partial charge < -0.3 is 20.2 Å². The minimum Gasteiger partial charge on any atom is -0.478 e. The number of benzene rings is 4. The Morgan fingerprint density at radius 3 is 2.18 bits per heavy atom. The van der Waals surface area contributed by atoms with Crippen LogP contribution in [0.1, 0.15) is 34.1 Å². The summed E-state index contributed by atoms with van der Waals surface area (Å²) in [7, 11) is 0. The van der Waals surface area contributed by atoms with Gasteiger partial charge >= 0.3 is 5.97 Å². The van der Waals surface area contributed by atoms with Crippen molar-refractivity contribution in [2.24, 2.45) is 0 Å². The summed E-state index contributed by atoms with van der Waals surface area (Å²) in [6.45, 7) is 1.89. The van der Waals surface area contributed by atoms with Gasteiger partial charge in [-0.3, -0.25) is 9.59 Å². The number of thioether (sulfide) groups is 1. The van der Waals surface area contributed by atoms with Crippen LogP contribution in [0.4, 0.5) is 11.4 Å². The topological polar surface area (TPSA) is 122 Å². The average Bonchev–Trinajstić information content (AvgIpc) is 3.45. The molecule has 2 amide bonds. The van der Waals surface area contributed by atoms with Crippen molar-refractivity contribution < 1.29 is 23.9 Å². The van der Waals surface area contributed by atoms with Crippen LogP contribution < -0.4 is 10.6 Å². The third-order valence-electron chi connectivity index (χ3n) is 6.43. The van der Waals surface area contributed by atoms with Gasteiger partial charge in [0.1, 0.15) is 5.52 Å². The van der Waals surface area contributed by atoms with Gasteiger partial charge in [0.25, 0.3) is 5.91 Å². The number of nitrogens with one attached hydrogen (secondary N) is 2. The van der Waals surface area contributed by atoms with E-state index in [-0.39, 0.29) is 21.0 Å². The zero-order chi connectivity index (χ0) is 31.5. The van der Waals surface area contributed by atoms with E-state index in [2.05, 4.69) is 15.6 Å². The molecule has 0 fully saturated rings. The second-order valence-corrected chi connectivity index (χ2v) is 12.1. The fourth-order valence-corrected chi connectivity index (χ4v) is 6.32. The molecule has 1 aromatic heterocycles. The van der Waals surface area contributed by atoms with Crippen molar-refractivity contribution in [1.82, 2.24) is 4.98 Å². The van der Waals surface area contributed by atoms with Gasteiger partial charge in [-0.1, -0.05) is 71.5 Å². The highest BCUT2D eigenvalue weighted by atomic mass is 35.5. The zero-order valence-electron chi connectivity index (χ0n) is 22.7. The van der Waals surface area contributed by atoms with Gasteiger partial charge in [0.2, 0.25) is 11.8 Å². The molecule has 1 heterocycles. The largest absolute Gasteiger partial charge is 0.478 e. The van der Waals surface area contributed by atoms with E-state index in [0.717, 1.165) is 11.1 Å². The Kier molecular flexibility index (Phi) is 9.72. The normalized spacial score (nSPS) is 11.8. The first kappa shape index (κ1) is 31.7. The standard InChI is InChI=1S/C31H21Cl4N3O5S/c1-2-21(28(39)36-16-12-10-15(11-13-16)30-38-19-8-3-4-9-20(19)43-30)44-18-7-5-6-17(14-18)37-29(40)22-23(31(41)42)25(33)27(35)26(34)24(22)32/h3-14,21H,2H2,1H3,(H,36,39)(H,37,40)(H,41,42). The number of carboxylic acid groups (broad SMARTS) is 1. The fourth-order valence-electron chi connectivity index (χ4n) is 4.29. The molecule has 0 saturated heterocycles. The van der Waals surface area contributed by atoms with E-state index < -0.39 is 33.3 Å². The van der Waals surface area contributed by atoms with Crippen LogP contribution in [0.2, 0.25) is 20.1 Å². The van der Waals surface area contributed by atoms with E-state index in [1.165, 1.54) is 11.8 Å². The third kappa shape index (κ3) is 6.67. The second kappa shape index (κ2) is 13.5. The average molecular weight is 689 g/mol. The van der Waals surface area contributed by atoms with Crippen LogP contribution in [-0.4, -0.2) is 33.1 Å². The number of carboxylic acids is 1. The van der Waals surface area contributed by atoms with Gasteiger partial charge in [-0.05, 0) is 61.0 Å². The summed E-state index contributed by atoms with van der Waals surface area (Å²) in [5.41, 5.74) is 2.18. The highest BCUT2D eigenvalue weighted by Crippen LogP contribution is 2.42. The van der Waals surface area contributed by atoms with Crippen molar-refractivity contribution in [3.05, 3.63) is 104 Å². The molecule has 5 rings (SSSR count). The molecular weight excluding hydrogens is 668 g/mol. The van der Waals surface area contributed by atoms with Crippen LogP contribution in [-0.2, 0) is 4.79 Å². The number of hydrogen-bond donors (Lipinski definition) is 3. The van der Waals surface area contributed by atoms with Gasteiger partial charge in [0.15, 0.2) is 5.58 Å². The Morgan fingerprint density at radius 1 is 0.841 bits per heavy atom. The van der Waals surface area contributed by atoms with E-state index in [1.807, 2.05) is 43.3 Å². The monoisotopic (exact) mass is 687 g/mol. The summed E-state index contributed by atoms with van der Waals surface area (Å²) in [4.78, 5) is 43.3. The molecule has 44 heavy (non-hydrogen) atoms. The Labute approximate surface area is 275 Å². The van der Waals surface area contributed by atoms with Gasteiger partial charge in [-0.15, -0.1) is 11.8 Å². The number of carbonyl (C=O) groups excluding carboxylic acids is 2. The first-order chi connectivity index (χ1) is 21.1. The van der Waals surface area contributed by atoms with Crippen LogP contribution in [0, 0.1) is 0 Å². The first-order valence-corrected chi connectivity index (χ1v) is 15.4. The lowest BCUT2D eigenvalue weighted by molar-refractivity contribution is -0.115. The van der Waals surface area contributed by atoms with Crippen LogP contribution in [0.25, 0.3) is 22.6 Å². The van der Waals surface area contributed by atoms with Gasteiger partial charge in [-0.25, -0.2) is 9.78 Å². The number of anilines is 2. The number of aromatic nitrogens is 1. The minimum absolute atomic E-state index is 0.204. The number of halogens is 4. The molecule has 0 radical (unpaired) electrons. The Hall–Kier alpha value is -3.73. The molecule has 0 bridgehead atoms. The highest BCUT2D eigenvalue weighted by molar-refractivity contribution is 8.00. The molecule has 0 aliphatic carbocycles. The Bertz CT molecular complexity index is 1880. The predicted molar refractivity (Wildman–Crippen MR) is 176 cm³/mol. The quantitative estimate of drug-likeness (QED) is 0.0801. The summed E-state index contributed by atoms with van der Waals surface area (Å²) >= 11 is 25.6. The summed E-state index contributed by atoms with van der Waals surface area (Å²) < 4.78 is 5.82. The number of carbonyl (C=O) groups is 3. The van der Waals surface area contributed by atoms with E-state index in [4.69, 9.17) is 50.8 Å². The zero-order valence-corrected chi connectivity index (χ0v) is 26.5. The van der Waals surface area contributed by atoms with Gasteiger partial charge in [0.05, 0.1) is 36.5 Å². The van der Waals surface area contributed by atoms with Crippen molar-refractivity contribution in [2.45, 2.75) is 23.5 Å². The molecular formula is C31H21Cl4N3O5S. The molecule has 0 aliphatic rings. The maximum absolute atomic E-state index is 13.2. The Morgan fingerprint density at radius 2 is 1.52 bits per heavy atom. The molecule has 0 aliphatic heterocycles. The number of hydrogen-bond acceptors (Lipinski definition) is 6. The third-order valence-corrected chi connectivity index (χ3v) is 9.59. The summed E-state index contributed by atoms with van der Waals surface area (Å²) in [5.74, 6) is -2.06. The fraction of sp³-hybridized carbons (Fsp3) is 0.0968. The van der Waals surface area contributed by atoms with Gasteiger partial charge in [-0.2, -0.15) is 0 Å². The van der Waals surface area contributed by atoms with Crippen LogP contribution >= 0.6 is 58.2 Å². The first-order valence-electron chi connectivity index (χ1n) is 13.0. The van der Waals surface area contributed by atoms with E-state index >= 15 is 0 Å². The van der Waals surface area contributed by atoms with Crippen molar-refractivity contribution >= 4 is 98.4 Å². The molecule has 4 aromatic carbocycles. The van der Waals surface area contributed by atoms with Crippen molar-refractivity contribution in [1.29, 1.82) is 0 Å². The van der Waals surface area contributed by atoms with Crippen LogP contribution in [0.3, 0.4) is 0 Å². The summed E-state index contributed by atoms with van der Waals surface area (Å²) in [6, 6.07) is 21.4. The number of nitrogens with zero attached hydrogens (tertiary/aromatic N) is 1. The van der Waals surface area contributed by atoms with E-state index in [9.17, 15) is 19.5 Å². The summed E-state index contributed by atoms with van der Waals surface area (Å²) in [6.07, 6.45) is 0.521. The molecule has 8 nitrogen and oxygen atoms in total. The molecule has 5 aromatic rings. The van der Waals surface area contributed by atoms with Crippen LogP contribution in [0.5, 0.6) is 0 Å². The number of fused-ring (bicyclic) bond motifs is 1. The number of amides is 2. The Balaban J connectivity index is 1.27. The molecule has 0 spiro atoms. The number of oxazole rings is 1.